The lowest BCUT2D eigenvalue weighted by Gasteiger charge is -2.17. The van der Waals surface area contributed by atoms with Gasteiger partial charge in [0.1, 0.15) is 5.60 Å². The molecule has 0 amide bonds. The summed E-state index contributed by atoms with van der Waals surface area (Å²) in [5.74, 6) is -0.487. The van der Waals surface area contributed by atoms with Crippen LogP contribution in [0.15, 0.2) is 12.2 Å². The van der Waals surface area contributed by atoms with Gasteiger partial charge < -0.3 is 4.74 Å². The third-order valence-corrected chi connectivity index (χ3v) is 0.701. The van der Waals surface area contributed by atoms with Crippen molar-refractivity contribution in [2.45, 2.75) is 26.4 Å². The van der Waals surface area contributed by atoms with E-state index in [4.69, 9.17) is 10.00 Å². The first-order chi connectivity index (χ1) is 4.95. The number of allylic oxidation sites excluding steroid dienone is 1. The van der Waals surface area contributed by atoms with Gasteiger partial charge in [-0.2, -0.15) is 5.26 Å². The highest BCUT2D eigenvalue weighted by atomic mass is 16.6. The highest BCUT2D eigenvalue weighted by molar-refractivity contribution is 5.82. The van der Waals surface area contributed by atoms with Crippen LogP contribution in [0.5, 0.6) is 0 Å². The van der Waals surface area contributed by atoms with Crippen LogP contribution < -0.4 is 0 Å². The van der Waals surface area contributed by atoms with Crippen LogP contribution >= 0.6 is 0 Å². The molecule has 0 aromatic rings. The number of hydrogen-bond donors (Lipinski definition) is 0. The molecule has 0 atom stereocenters. The predicted molar refractivity (Wildman–Crippen MR) is 40.6 cm³/mol. The molecule has 0 heterocycles. The van der Waals surface area contributed by atoms with Gasteiger partial charge in [0.15, 0.2) is 0 Å². The van der Waals surface area contributed by atoms with E-state index in [1.807, 2.05) is 0 Å². The molecule has 0 aliphatic heterocycles. The molecule has 0 spiro atoms. The van der Waals surface area contributed by atoms with Crippen molar-refractivity contribution >= 4 is 5.97 Å². The Balaban J connectivity index is 3.92. The van der Waals surface area contributed by atoms with Crippen LogP contribution in [0.2, 0.25) is 0 Å². The van der Waals surface area contributed by atoms with Crippen LogP contribution in [-0.2, 0) is 9.53 Å². The zero-order valence-corrected chi connectivity index (χ0v) is 6.92. The third kappa shape index (κ3) is 6.59. The molecular formula is C8H11NO2. The zero-order chi connectivity index (χ0) is 8.91. The Labute approximate surface area is 66.3 Å². The molecule has 11 heavy (non-hydrogen) atoms. The summed E-state index contributed by atoms with van der Waals surface area (Å²) < 4.78 is 4.86. The maximum atomic E-state index is 10.8. The molecule has 0 bridgehead atoms. The van der Waals surface area contributed by atoms with E-state index in [0.717, 1.165) is 12.2 Å². The molecule has 3 heteroatoms. The van der Waals surface area contributed by atoms with E-state index in [2.05, 4.69) is 0 Å². The maximum absolute atomic E-state index is 10.8. The molecule has 0 fully saturated rings. The summed E-state index contributed by atoms with van der Waals surface area (Å²) in [6.07, 6.45) is 2.19. The quantitative estimate of drug-likeness (QED) is 0.325. The predicted octanol–water partition coefficient (Wildman–Crippen LogP) is 1.41. The molecular weight excluding hydrogens is 142 g/mol. The minimum Gasteiger partial charge on any atom is -0.457 e. The molecule has 0 aromatic carbocycles. The molecule has 0 saturated heterocycles. The van der Waals surface area contributed by atoms with Gasteiger partial charge in [0.2, 0.25) is 0 Å². The Hall–Kier alpha value is -1.30. The second-order valence-corrected chi connectivity index (χ2v) is 3.00. The van der Waals surface area contributed by atoms with Gasteiger partial charge in [0, 0.05) is 12.2 Å². The smallest absolute Gasteiger partial charge is 0.331 e. The van der Waals surface area contributed by atoms with E-state index in [1.165, 1.54) is 0 Å². The lowest BCUT2D eigenvalue weighted by Crippen LogP contribution is -2.22. The summed E-state index contributed by atoms with van der Waals surface area (Å²) >= 11 is 0. The van der Waals surface area contributed by atoms with E-state index in [1.54, 1.807) is 26.8 Å². The molecule has 60 valence electrons. The van der Waals surface area contributed by atoms with Crippen molar-refractivity contribution in [3.8, 4) is 6.07 Å². The fourth-order valence-electron chi connectivity index (χ4n) is 0.441. The van der Waals surface area contributed by atoms with E-state index in [0.29, 0.717) is 0 Å². The maximum Gasteiger partial charge on any atom is 0.331 e. The first-order valence-electron chi connectivity index (χ1n) is 3.25. The SMILES string of the molecule is CC(C)(C)OC(=O)C=CC#N. The molecule has 0 N–H and O–H groups in total. The van der Waals surface area contributed by atoms with Crippen molar-refractivity contribution in [1.82, 2.24) is 0 Å². The number of nitriles is 1. The Morgan fingerprint density at radius 2 is 2.09 bits per heavy atom. The Morgan fingerprint density at radius 1 is 1.55 bits per heavy atom. The Morgan fingerprint density at radius 3 is 2.45 bits per heavy atom. The highest BCUT2D eigenvalue weighted by Gasteiger charge is 2.13. The lowest BCUT2D eigenvalue weighted by molar-refractivity contribution is -0.148. The van der Waals surface area contributed by atoms with Crippen molar-refractivity contribution in [3.05, 3.63) is 12.2 Å². The summed E-state index contributed by atoms with van der Waals surface area (Å²) in [7, 11) is 0. The van der Waals surface area contributed by atoms with Gasteiger partial charge in [-0.15, -0.1) is 0 Å². The Bertz CT molecular complexity index is 205. The average Bonchev–Trinajstić information content (AvgIpc) is 1.79. The number of carbonyl (C=O) groups excluding carboxylic acids is 1. The number of ether oxygens (including phenoxy) is 1. The Kier molecular flexibility index (Phi) is 3.32. The second kappa shape index (κ2) is 3.77. The number of rotatable bonds is 1. The average molecular weight is 153 g/mol. The standard InChI is InChI=1S/C8H11NO2/c1-8(2,3)11-7(10)5-4-6-9/h4-5H,1-3H3. The molecule has 0 unspecified atom stereocenters. The van der Waals surface area contributed by atoms with Gasteiger partial charge in [-0.1, -0.05) is 0 Å². The fraction of sp³-hybridized carbons (Fsp3) is 0.500. The minimum absolute atomic E-state index is 0.487. The van der Waals surface area contributed by atoms with Crippen LogP contribution in [0, 0.1) is 11.3 Å². The summed E-state index contributed by atoms with van der Waals surface area (Å²) in [6.45, 7) is 5.31. The number of nitrogens with zero attached hydrogens (tertiary/aromatic N) is 1. The first-order valence-corrected chi connectivity index (χ1v) is 3.25. The highest BCUT2D eigenvalue weighted by Crippen LogP contribution is 2.06. The molecule has 0 aromatic heterocycles. The first kappa shape index (κ1) is 9.70. The van der Waals surface area contributed by atoms with E-state index in [-0.39, 0.29) is 0 Å². The van der Waals surface area contributed by atoms with Gasteiger partial charge >= 0.3 is 5.97 Å². The van der Waals surface area contributed by atoms with E-state index < -0.39 is 11.6 Å². The summed E-state index contributed by atoms with van der Waals surface area (Å²) in [4.78, 5) is 10.8. The van der Waals surface area contributed by atoms with Gasteiger partial charge in [-0.3, -0.25) is 0 Å². The van der Waals surface area contributed by atoms with Gasteiger partial charge in [-0.05, 0) is 20.8 Å². The van der Waals surface area contributed by atoms with Crippen molar-refractivity contribution < 1.29 is 9.53 Å². The molecule has 0 aliphatic rings. The number of hydrogen-bond acceptors (Lipinski definition) is 3. The third-order valence-electron chi connectivity index (χ3n) is 0.701. The van der Waals surface area contributed by atoms with Gasteiger partial charge in [-0.25, -0.2) is 4.79 Å². The second-order valence-electron chi connectivity index (χ2n) is 3.00. The van der Waals surface area contributed by atoms with E-state index in [9.17, 15) is 4.79 Å². The van der Waals surface area contributed by atoms with Crippen LogP contribution in [0.1, 0.15) is 20.8 Å². The lowest BCUT2D eigenvalue weighted by atomic mass is 10.2. The summed E-state index contributed by atoms with van der Waals surface area (Å²) in [5.41, 5.74) is -0.489. The van der Waals surface area contributed by atoms with Crippen LogP contribution in [-0.4, -0.2) is 11.6 Å². The minimum atomic E-state index is -0.489. The molecule has 3 nitrogen and oxygen atoms in total. The van der Waals surface area contributed by atoms with Crippen LogP contribution in [0.4, 0.5) is 0 Å². The fourth-order valence-corrected chi connectivity index (χ4v) is 0.441. The van der Waals surface area contributed by atoms with Crippen LogP contribution in [0.25, 0.3) is 0 Å². The summed E-state index contributed by atoms with van der Waals surface area (Å²) in [5, 5.41) is 8.07. The molecule has 0 aliphatic carbocycles. The molecule has 0 saturated carbocycles. The molecule has 0 rings (SSSR count). The van der Waals surface area contributed by atoms with Crippen molar-refractivity contribution in [1.29, 1.82) is 5.26 Å². The van der Waals surface area contributed by atoms with E-state index >= 15 is 0 Å². The van der Waals surface area contributed by atoms with Crippen molar-refractivity contribution in [3.63, 3.8) is 0 Å². The van der Waals surface area contributed by atoms with Crippen molar-refractivity contribution in [2.75, 3.05) is 0 Å². The van der Waals surface area contributed by atoms with Crippen molar-refractivity contribution in [2.24, 2.45) is 0 Å². The topological polar surface area (TPSA) is 50.1 Å². The van der Waals surface area contributed by atoms with Crippen LogP contribution in [0.3, 0.4) is 0 Å². The monoisotopic (exact) mass is 153 g/mol. The zero-order valence-electron chi connectivity index (χ0n) is 6.92. The van der Waals surface area contributed by atoms with Gasteiger partial charge in [0.05, 0.1) is 6.07 Å². The summed E-state index contributed by atoms with van der Waals surface area (Å²) in [6, 6.07) is 1.70. The van der Waals surface area contributed by atoms with Gasteiger partial charge in [0.25, 0.3) is 0 Å². The number of esters is 1. The number of carbonyl (C=O) groups is 1. The largest absolute Gasteiger partial charge is 0.457 e. The molecule has 0 radical (unpaired) electrons. The normalized spacial score (nSPS) is 11.1.